The lowest BCUT2D eigenvalue weighted by atomic mass is 9.87. The molecule has 8 nitrogen and oxygen atoms in total. The first-order valence-electron chi connectivity index (χ1n) is 10.8. The van der Waals surface area contributed by atoms with Crippen molar-refractivity contribution < 1.29 is 29.3 Å². The Kier molecular flexibility index (Phi) is 8.12. The number of halogens is 2. The number of carbonyl (C=O) groups excluding carboxylic acids is 2. The van der Waals surface area contributed by atoms with Gasteiger partial charge in [-0.15, -0.1) is 0 Å². The SMILES string of the molecule is CC(C)(C)c1ccc(CNC(=O)c2cc(Oc3c(Cl)cc(NC(=O)C(=O)O)cc3Cl)ccc2O)cc1. The highest BCUT2D eigenvalue weighted by atomic mass is 35.5. The molecule has 3 aromatic carbocycles. The van der Waals surface area contributed by atoms with Gasteiger partial charge in [-0.3, -0.25) is 9.59 Å². The van der Waals surface area contributed by atoms with Crippen LogP contribution in [0.2, 0.25) is 10.0 Å². The quantitative estimate of drug-likeness (QED) is 0.301. The van der Waals surface area contributed by atoms with Gasteiger partial charge in [-0.1, -0.05) is 68.2 Å². The molecule has 3 rings (SSSR count). The summed E-state index contributed by atoms with van der Waals surface area (Å²) in [5, 5.41) is 23.8. The Hall–Kier alpha value is -3.75. The highest BCUT2D eigenvalue weighted by Crippen LogP contribution is 2.39. The van der Waals surface area contributed by atoms with Crippen LogP contribution < -0.4 is 15.4 Å². The van der Waals surface area contributed by atoms with Gasteiger partial charge in [0.05, 0.1) is 15.6 Å². The van der Waals surface area contributed by atoms with Crippen molar-refractivity contribution in [2.75, 3.05) is 5.32 Å². The molecular weight excluding hydrogens is 507 g/mol. The maximum atomic E-state index is 12.7. The summed E-state index contributed by atoms with van der Waals surface area (Å²) in [4.78, 5) is 34.8. The van der Waals surface area contributed by atoms with Gasteiger partial charge in [0.1, 0.15) is 11.5 Å². The summed E-state index contributed by atoms with van der Waals surface area (Å²) in [6.07, 6.45) is 0. The predicted octanol–water partition coefficient (Wildman–Crippen LogP) is 5.74. The zero-order chi connectivity index (χ0) is 26.6. The molecule has 2 amide bonds. The Morgan fingerprint density at radius 3 is 2.11 bits per heavy atom. The molecule has 0 aliphatic heterocycles. The van der Waals surface area contributed by atoms with E-state index < -0.39 is 17.8 Å². The second-order valence-corrected chi connectivity index (χ2v) is 9.75. The van der Waals surface area contributed by atoms with E-state index in [9.17, 15) is 19.5 Å². The van der Waals surface area contributed by atoms with E-state index in [0.29, 0.717) is 0 Å². The predicted molar refractivity (Wildman–Crippen MR) is 137 cm³/mol. The summed E-state index contributed by atoms with van der Waals surface area (Å²) in [7, 11) is 0. The molecule has 0 atom stereocenters. The molecular formula is C26H24Cl2N2O6. The minimum Gasteiger partial charge on any atom is -0.507 e. The van der Waals surface area contributed by atoms with E-state index in [1.807, 2.05) is 24.3 Å². The van der Waals surface area contributed by atoms with Crippen LogP contribution in [0, 0.1) is 0 Å². The third-order valence-electron chi connectivity index (χ3n) is 5.16. The Balaban J connectivity index is 1.73. The Morgan fingerprint density at radius 2 is 1.56 bits per heavy atom. The second kappa shape index (κ2) is 10.9. The normalized spacial score (nSPS) is 11.0. The van der Waals surface area contributed by atoms with E-state index in [1.54, 1.807) is 0 Å². The number of carbonyl (C=O) groups is 3. The van der Waals surface area contributed by atoms with Crippen molar-refractivity contribution in [3.05, 3.63) is 81.3 Å². The molecule has 3 aromatic rings. The van der Waals surface area contributed by atoms with Gasteiger partial charge in [0, 0.05) is 12.2 Å². The van der Waals surface area contributed by atoms with E-state index in [4.69, 9.17) is 33.0 Å². The van der Waals surface area contributed by atoms with Crippen LogP contribution in [0.25, 0.3) is 0 Å². The van der Waals surface area contributed by atoms with Gasteiger partial charge in [-0.05, 0) is 46.9 Å². The van der Waals surface area contributed by atoms with Crippen LogP contribution in [0.3, 0.4) is 0 Å². The fourth-order valence-electron chi connectivity index (χ4n) is 3.19. The van der Waals surface area contributed by atoms with Gasteiger partial charge in [0.25, 0.3) is 5.91 Å². The Bertz CT molecular complexity index is 1290. The number of benzene rings is 3. The first-order chi connectivity index (χ1) is 16.8. The number of carboxylic acid groups (broad SMARTS) is 1. The van der Waals surface area contributed by atoms with E-state index in [-0.39, 0.29) is 50.5 Å². The van der Waals surface area contributed by atoms with Crippen LogP contribution in [0.5, 0.6) is 17.2 Å². The lowest BCUT2D eigenvalue weighted by Crippen LogP contribution is -2.23. The number of amides is 2. The number of carboxylic acids is 1. The monoisotopic (exact) mass is 530 g/mol. The zero-order valence-corrected chi connectivity index (χ0v) is 21.2. The Labute approximate surface area is 217 Å². The minimum absolute atomic E-state index is 0.0130. The molecule has 0 aliphatic rings. The first kappa shape index (κ1) is 26.8. The minimum atomic E-state index is -1.67. The number of aromatic hydroxyl groups is 1. The van der Waals surface area contributed by atoms with Crippen molar-refractivity contribution in [2.45, 2.75) is 32.7 Å². The fourth-order valence-corrected chi connectivity index (χ4v) is 3.76. The van der Waals surface area contributed by atoms with E-state index in [1.165, 1.54) is 35.9 Å². The fraction of sp³-hybridized carbons (Fsp3) is 0.192. The van der Waals surface area contributed by atoms with Crippen LogP contribution in [0.15, 0.2) is 54.6 Å². The number of hydrogen-bond donors (Lipinski definition) is 4. The molecule has 0 heterocycles. The van der Waals surface area contributed by atoms with E-state index in [0.717, 1.165) is 5.56 Å². The third kappa shape index (κ3) is 6.68. The number of ether oxygens (including phenoxy) is 1. The van der Waals surface area contributed by atoms with Crippen molar-refractivity contribution >= 4 is 46.7 Å². The number of phenols is 1. The van der Waals surface area contributed by atoms with Gasteiger partial charge in [-0.2, -0.15) is 0 Å². The van der Waals surface area contributed by atoms with Crippen molar-refractivity contribution in [3.63, 3.8) is 0 Å². The van der Waals surface area contributed by atoms with Crippen molar-refractivity contribution in [1.29, 1.82) is 0 Å². The topological polar surface area (TPSA) is 125 Å². The summed E-state index contributed by atoms with van der Waals surface area (Å²) in [6, 6.07) is 14.5. The van der Waals surface area contributed by atoms with Crippen LogP contribution in [-0.2, 0) is 21.5 Å². The molecule has 188 valence electrons. The molecule has 4 N–H and O–H groups in total. The van der Waals surface area contributed by atoms with E-state index >= 15 is 0 Å². The van der Waals surface area contributed by atoms with Crippen molar-refractivity contribution in [1.82, 2.24) is 5.32 Å². The molecule has 0 radical (unpaired) electrons. The van der Waals surface area contributed by atoms with Crippen molar-refractivity contribution in [2.24, 2.45) is 0 Å². The number of rotatable bonds is 6. The molecule has 0 saturated heterocycles. The van der Waals surface area contributed by atoms with Gasteiger partial charge in [-0.25, -0.2) is 4.79 Å². The summed E-state index contributed by atoms with van der Waals surface area (Å²) >= 11 is 12.4. The third-order valence-corrected chi connectivity index (χ3v) is 5.72. The molecule has 0 fully saturated rings. The summed E-state index contributed by atoms with van der Waals surface area (Å²) in [6.45, 7) is 6.61. The zero-order valence-electron chi connectivity index (χ0n) is 19.7. The lowest BCUT2D eigenvalue weighted by Gasteiger charge is -2.19. The average molecular weight is 531 g/mol. The summed E-state index contributed by atoms with van der Waals surface area (Å²) in [5.41, 5.74) is 2.14. The largest absolute Gasteiger partial charge is 0.507 e. The smallest absolute Gasteiger partial charge is 0.394 e. The average Bonchev–Trinajstić information content (AvgIpc) is 2.80. The standard InChI is InChI=1S/C26H24Cl2N2O6/c1-26(2,3)15-6-4-14(5-7-15)13-29-23(32)18-12-17(8-9-21(18)31)36-22-19(27)10-16(11-20(22)28)30-24(33)25(34)35/h4-12,31H,13H2,1-3H3,(H,29,32)(H,30,33)(H,34,35). The Morgan fingerprint density at radius 1 is 0.944 bits per heavy atom. The number of anilines is 1. The molecule has 0 spiro atoms. The lowest BCUT2D eigenvalue weighted by molar-refractivity contribution is -0.147. The van der Waals surface area contributed by atoms with Crippen LogP contribution in [0.1, 0.15) is 42.3 Å². The highest BCUT2D eigenvalue weighted by Gasteiger charge is 2.18. The van der Waals surface area contributed by atoms with Crippen LogP contribution >= 0.6 is 23.2 Å². The maximum absolute atomic E-state index is 12.7. The molecule has 0 saturated carbocycles. The molecule has 0 unspecified atom stereocenters. The van der Waals surface area contributed by atoms with Gasteiger partial charge >= 0.3 is 11.9 Å². The number of hydrogen-bond acceptors (Lipinski definition) is 5. The summed E-state index contributed by atoms with van der Waals surface area (Å²) < 4.78 is 5.72. The number of nitrogens with one attached hydrogen (secondary N) is 2. The van der Waals surface area contributed by atoms with Crippen LogP contribution in [-0.4, -0.2) is 28.0 Å². The highest BCUT2D eigenvalue weighted by molar-refractivity contribution is 6.39. The molecule has 10 heteroatoms. The van der Waals surface area contributed by atoms with Crippen LogP contribution in [0.4, 0.5) is 5.69 Å². The molecule has 36 heavy (non-hydrogen) atoms. The van der Waals surface area contributed by atoms with E-state index in [2.05, 4.69) is 31.4 Å². The molecule has 0 aromatic heterocycles. The molecule has 0 aliphatic carbocycles. The van der Waals surface area contributed by atoms with Crippen molar-refractivity contribution in [3.8, 4) is 17.2 Å². The maximum Gasteiger partial charge on any atom is 0.394 e. The second-order valence-electron chi connectivity index (χ2n) is 8.94. The summed E-state index contributed by atoms with van der Waals surface area (Å²) in [5.74, 6) is -3.50. The van der Waals surface area contributed by atoms with Gasteiger partial charge in [0.2, 0.25) is 0 Å². The van der Waals surface area contributed by atoms with Gasteiger partial charge < -0.3 is 25.6 Å². The number of phenolic OH excluding ortho intramolecular Hbond substituents is 1. The number of aliphatic carboxylic acids is 1. The molecule has 0 bridgehead atoms. The first-order valence-corrected chi connectivity index (χ1v) is 11.5. The van der Waals surface area contributed by atoms with Gasteiger partial charge in [0.15, 0.2) is 5.75 Å².